The van der Waals surface area contributed by atoms with Crippen LogP contribution in [-0.4, -0.2) is 10.1 Å². The largest absolute Gasteiger partial charge is 0.339 e. The Labute approximate surface area is 82.5 Å². The molecule has 0 spiro atoms. The first-order valence-corrected chi connectivity index (χ1v) is 5.16. The molecule has 13 heavy (non-hydrogen) atoms. The summed E-state index contributed by atoms with van der Waals surface area (Å²) in [4.78, 5) is 4.22. The van der Waals surface area contributed by atoms with Crippen LogP contribution in [-0.2, 0) is 6.42 Å². The second kappa shape index (κ2) is 3.66. The average molecular weight is 201 g/mol. The Morgan fingerprint density at radius 2 is 2.38 bits per heavy atom. The maximum Gasteiger partial charge on any atom is 0.226 e. The van der Waals surface area contributed by atoms with Crippen molar-refractivity contribution in [2.75, 3.05) is 0 Å². The molecule has 0 N–H and O–H groups in total. The van der Waals surface area contributed by atoms with E-state index in [0.717, 1.165) is 18.2 Å². The van der Waals surface area contributed by atoms with Gasteiger partial charge in [-0.3, -0.25) is 0 Å². The standard InChI is InChI=1S/C9H13ClN2O/c1-6(10)9-11-8(13-12-9)5-7-3-2-4-7/h6-7H,2-5H2,1H3. The highest BCUT2D eigenvalue weighted by Crippen LogP contribution is 2.29. The van der Waals surface area contributed by atoms with E-state index in [1.54, 1.807) is 0 Å². The summed E-state index contributed by atoms with van der Waals surface area (Å²) in [6, 6.07) is 0. The lowest BCUT2D eigenvalue weighted by atomic mass is 9.83. The summed E-state index contributed by atoms with van der Waals surface area (Å²) >= 11 is 5.82. The minimum atomic E-state index is -0.154. The first-order valence-electron chi connectivity index (χ1n) is 4.72. The van der Waals surface area contributed by atoms with Gasteiger partial charge in [0, 0.05) is 6.42 Å². The lowest BCUT2D eigenvalue weighted by Gasteiger charge is -2.23. The molecular formula is C9H13ClN2O. The van der Waals surface area contributed by atoms with Crippen LogP contribution in [0.3, 0.4) is 0 Å². The normalized spacial score (nSPS) is 19.8. The van der Waals surface area contributed by atoms with Crippen molar-refractivity contribution in [3.63, 3.8) is 0 Å². The number of nitrogens with zero attached hydrogens (tertiary/aromatic N) is 2. The van der Waals surface area contributed by atoms with Crippen LogP contribution in [0.25, 0.3) is 0 Å². The highest BCUT2D eigenvalue weighted by molar-refractivity contribution is 6.20. The molecule has 1 unspecified atom stereocenters. The van der Waals surface area contributed by atoms with E-state index in [2.05, 4.69) is 10.1 Å². The Balaban J connectivity index is 1.96. The number of halogens is 1. The Bertz CT molecular complexity index is 281. The van der Waals surface area contributed by atoms with Gasteiger partial charge in [0.25, 0.3) is 0 Å². The van der Waals surface area contributed by atoms with E-state index in [-0.39, 0.29) is 5.38 Å². The smallest absolute Gasteiger partial charge is 0.226 e. The van der Waals surface area contributed by atoms with E-state index in [0.29, 0.717) is 5.82 Å². The molecule has 1 aliphatic rings. The van der Waals surface area contributed by atoms with Gasteiger partial charge >= 0.3 is 0 Å². The maximum atomic E-state index is 5.82. The van der Waals surface area contributed by atoms with E-state index in [1.165, 1.54) is 19.3 Å². The fraction of sp³-hybridized carbons (Fsp3) is 0.778. The molecule has 1 atom stereocenters. The lowest BCUT2D eigenvalue weighted by molar-refractivity contribution is 0.273. The van der Waals surface area contributed by atoms with Crippen molar-refractivity contribution in [1.82, 2.24) is 10.1 Å². The molecule has 1 aliphatic carbocycles. The molecule has 3 nitrogen and oxygen atoms in total. The monoisotopic (exact) mass is 200 g/mol. The molecular weight excluding hydrogens is 188 g/mol. The summed E-state index contributed by atoms with van der Waals surface area (Å²) in [6.45, 7) is 1.85. The van der Waals surface area contributed by atoms with Crippen molar-refractivity contribution in [3.05, 3.63) is 11.7 Å². The third-order valence-electron chi connectivity index (χ3n) is 2.53. The fourth-order valence-electron chi connectivity index (χ4n) is 1.46. The van der Waals surface area contributed by atoms with Crippen molar-refractivity contribution < 1.29 is 4.52 Å². The molecule has 2 rings (SSSR count). The zero-order valence-corrected chi connectivity index (χ0v) is 8.42. The van der Waals surface area contributed by atoms with Gasteiger partial charge in [0.05, 0.1) is 5.38 Å². The van der Waals surface area contributed by atoms with Crippen LogP contribution in [0.1, 0.15) is 43.3 Å². The van der Waals surface area contributed by atoms with Crippen LogP contribution in [0.2, 0.25) is 0 Å². The average Bonchev–Trinajstić information content (AvgIpc) is 2.44. The topological polar surface area (TPSA) is 38.9 Å². The molecule has 1 saturated carbocycles. The van der Waals surface area contributed by atoms with Gasteiger partial charge in [0.2, 0.25) is 5.89 Å². The Hall–Kier alpha value is -0.570. The number of hydrogen-bond acceptors (Lipinski definition) is 3. The SMILES string of the molecule is CC(Cl)c1noc(CC2CCC2)n1. The van der Waals surface area contributed by atoms with E-state index < -0.39 is 0 Å². The third-order valence-corrected chi connectivity index (χ3v) is 2.72. The van der Waals surface area contributed by atoms with Gasteiger partial charge in [-0.2, -0.15) is 4.98 Å². The minimum Gasteiger partial charge on any atom is -0.339 e. The third kappa shape index (κ3) is 2.02. The Kier molecular flexibility index (Phi) is 2.54. The van der Waals surface area contributed by atoms with Gasteiger partial charge in [-0.25, -0.2) is 0 Å². The quantitative estimate of drug-likeness (QED) is 0.705. The minimum absolute atomic E-state index is 0.154. The zero-order chi connectivity index (χ0) is 9.26. The molecule has 1 aromatic rings. The van der Waals surface area contributed by atoms with Crippen molar-refractivity contribution in [3.8, 4) is 0 Å². The molecule has 4 heteroatoms. The predicted molar refractivity (Wildman–Crippen MR) is 49.6 cm³/mol. The molecule has 1 heterocycles. The second-order valence-corrected chi connectivity index (χ2v) is 4.32. The molecule has 0 amide bonds. The van der Waals surface area contributed by atoms with Gasteiger partial charge in [0.15, 0.2) is 5.82 Å². The summed E-state index contributed by atoms with van der Waals surface area (Å²) < 4.78 is 5.09. The predicted octanol–water partition coefficient (Wildman–Crippen LogP) is 2.71. The lowest BCUT2D eigenvalue weighted by Crippen LogP contribution is -2.13. The summed E-state index contributed by atoms with van der Waals surface area (Å²) in [5, 5.41) is 3.66. The molecule has 72 valence electrons. The summed E-state index contributed by atoms with van der Waals surface area (Å²) in [6.07, 6.45) is 4.87. The Morgan fingerprint density at radius 1 is 1.62 bits per heavy atom. The van der Waals surface area contributed by atoms with Crippen LogP contribution in [0, 0.1) is 5.92 Å². The number of alkyl halides is 1. The highest BCUT2D eigenvalue weighted by Gasteiger charge is 2.21. The van der Waals surface area contributed by atoms with Crippen LogP contribution < -0.4 is 0 Å². The molecule has 0 aromatic carbocycles. The molecule has 1 aromatic heterocycles. The first kappa shape index (κ1) is 9.00. The fourth-order valence-corrected chi connectivity index (χ4v) is 1.55. The first-order chi connectivity index (χ1) is 6.25. The number of aromatic nitrogens is 2. The molecule has 0 aliphatic heterocycles. The number of hydrogen-bond donors (Lipinski definition) is 0. The van der Waals surface area contributed by atoms with E-state index >= 15 is 0 Å². The molecule has 0 saturated heterocycles. The van der Waals surface area contributed by atoms with Crippen LogP contribution in [0.5, 0.6) is 0 Å². The van der Waals surface area contributed by atoms with Crippen LogP contribution in [0.4, 0.5) is 0 Å². The summed E-state index contributed by atoms with van der Waals surface area (Å²) in [5.74, 6) is 2.11. The van der Waals surface area contributed by atoms with Gasteiger partial charge in [-0.05, 0) is 25.7 Å². The molecule has 0 bridgehead atoms. The summed E-state index contributed by atoms with van der Waals surface area (Å²) in [5.41, 5.74) is 0. The number of rotatable bonds is 3. The van der Waals surface area contributed by atoms with Gasteiger partial charge in [0.1, 0.15) is 0 Å². The second-order valence-electron chi connectivity index (χ2n) is 3.66. The van der Waals surface area contributed by atoms with Gasteiger partial charge in [-0.1, -0.05) is 11.6 Å². The summed E-state index contributed by atoms with van der Waals surface area (Å²) in [7, 11) is 0. The molecule has 1 fully saturated rings. The van der Waals surface area contributed by atoms with E-state index in [1.807, 2.05) is 6.92 Å². The van der Waals surface area contributed by atoms with E-state index in [9.17, 15) is 0 Å². The van der Waals surface area contributed by atoms with E-state index in [4.69, 9.17) is 16.1 Å². The highest BCUT2D eigenvalue weighted by atomic mass is 35.5. The van der Waals surface area contributed by atoms with Crippen LogP contribution in [0.15, 0.2) is 4.52 Å². The van der Waals surface area contributed by atoms with Crippen molar-refractivity contribution in [1.29, 1.82) is 0 Å². The van der Waals surface area contributed by atoms with Crippen molar-refractivity contribution in [2.24, 2.45) is 5.92 Å². The van der Waals surface area contributed by atoms with Gasteiger partial charge < -0.3 is 4.52 Å². The zero-order valence-electron chi connectivity index (χ0n) is 7.66. The van der Waals surface area contributed by atoms with Crippen LogP contribution >= 0.6 is 11.6 Å². The molecule has 0 radical (unpaired) electrons. The van der Waals surface area contributed by atoms with Gasteiger partial charge in [-0.15, -0.1) is 11.6 Å². The Morgan fingerprint density at radius 3 is 2.85 bits per heavy atom. The van der Waals surface area contributed by atoms with Crippen molar-refractivity contribution >= 4 is 11.6 Å². The maximum absolute atomic E-state index is 5.82. The van der Waals surface area contributed by atoms with Crippen molar-refractivity contribution in [2.45, 2.75) is 38.0 Å².